The number of guanidine groups is 1. The Morgan fingerprint density at radius 2 is 2.08 bits per heavy atom. The van der Waals surface area contributed by atoms with Gasteiger partial charge in [-0.25, -0.2) is 0 Å². The third-order valence-corrected chi connectivity index (χ3v) is 3.90. The SMILES string of the molecule is CCNC(=NCCCCCC(=O)OC)NC1CCN(CC(F)(F)F)C1. The van der Waals surface area contributed by atoms with Gasteiger partial charge in [-0.2, -0.15) is 13.2 Å². The Morgan fingerprint density at radius 1 is 1.32 bits per heavy atom. The number of unbranched alkanes of at least 4 members (excludes halogenated alkanes) is 2. The molecule has 0 spiro atoms. The molecule has 2 N–H and O–H groups in total. The van der Waals surface area contributed by atoms with Crippen LogP contribution in [0.2, 0.25) is 0 Å². The molecule has 0 aliphatic carbocycles. The molecule has 1 rings (SSSR count). The molecule has 1 saturated heterocycles. The van der Waals surface area contributed by atoms with Crippen LogP contribution in [0.4, 0.5) is 13.2 Å². The molecule has 0 amide bonds. The van der Waals surface area contributed by atoms with Crippen molar-refractivity contribution in [2.75, 3.05) is 39.8 Å². The first-order valence-electron chi connectivity index (χ1n) is 8.74. The molecule has 0 saturated carbocycles. The Hall–Kier alpha value is -1.51. The summed E-state index contributed by atoms with van der Waals surface area (Å²) < 4.78 is 41.9. The van der Waals surface area contributed by atoms with Gasteiger partial charge in [0.1, 0.15) is 0 Å². The van der Waals surface area contributed by atoms with Crippen LogP contribution in [0, 0.1) is 0 Å². The van der Waals surface area contributed by atoms with Crippen LogP contribution in [0.25, 0.3) is 0 Å². The van der Waals surface area contributed by atoms with Crippen LogP contribution in [-0.2, 0) is 9.53 Å². The van der Waals surface area contributed by atoms with Gasteiger partial charge in [-0.05, 0) is 26.2 Å². The van der Waals surface area contributed by atoms with E-state index in [0.717, 1.165) is 19.3 Å². The molecule has 1 heterocycles. The molecule has 146 valence electrons. The lowest BCUT2D eigenvalue weighted by molar-refractivity contribution is -0.143. The number of nitrogens with one attached hydrogen (secondary N) is 2. The summed E-state index contributed by atoms with van der Waals surface area (Å²) in [5.74, 6) is 0.428. The van der Waals surface area contributed by atoms with Gasteiger partial charge in [0.15, 0.2) is 5.96 Å². The van der Waals surface area contributed by atoms with Crippen molar-refractivity contribution in [3.05, 3.63) is 0 Å². The zero-order valence-corrected chi connectivity index (χ0v) is 15.0. The number of hydrogen-bond donors (Lipinski definition) is 2. The minimum Gasteiger partial charge on any atom is -0.469 e. The fraction of sp³-hybridized carbons (Fsp3) is 0.875. The first kappa shape index (κ1) is 21.5. The number of methoxy groups -OCH3 is 1. The van der Waals surface area contributed by atoms with E-state index >= 15 is 0 Å². The second kappa shape index (κ2) is 11.2. The average molecular weight is 366 g/mol. The van der Waals surface area contributed by atoms with Crippen molar-refractivity contribution in [3.63, 3.8) is 0 Å². The van der Waals surface area contributed by atoms with Crippen LogP contribution < -0.4 is 10.6 Å². The highest BCUT2D eigenvalue weighted by molar-refractivity contribution is 5.80. The Labute approximate surface area is 147 Å². The predicted molar refractivity (Wildman–Crippen MR) is 90.5 cm³/mol. The Kier molecular flexibility index (Phi) is 9.62. The van der Waals surface area contributed by atoms with Gasteiger partial charge in [-0.3, -0.25) is 14.7 Å². The molecular weight excluding hydrogens is 337 g/mol. The van der Waals surface area contributed by atoms with Crippen LogP contribution in [0.3, 0.4) is 0 Å². The maximum atomic E-state index is 12.4. The number of ether oxygens (including phenoxy) is 1. The van der Waals surface area contributed by atoms with Crippen LogP contribution in [0.1, 0.15) is 39.0 Å². The number of halogens is 3. The number of alkyl halides is 3. The Balaban J connectivity index is 2.30. The Morgan fingerprint density at radius 3 is 2.72 bits per heavy atom. The summed E-state index contributed by atoms with van der Waals surface area (Å²) in [5.41, 5.74) is 0. The lowest BCUT2D eigenvalue weighted by Gasteiger charge is -2.19. The molecule has 0 radical (unpaired) electrons. The maximum absolute atomic E-state index is 12.4. The molecule has 1 aliphatic rings. The normalized spacial score (nSPS) is 19.1. The summed E-state index contributed by atoms with van der Waals surface area (Å²) >= 11 is 0. The first-order valence-corrected chi connectivity index (χ1v) is 8.74. The van der Waals surface area contributed by atoms with E-state index in [2.05, 4.69) is 20.4 Å². The zero-order valence-electron chi connectivity index (χ0n) is 15.0. The van der Waals surface area contributed by atoms with Crippen molar-refractivity contribution in [1.82, 2.24) is 15.5 Å². The van der Waals surface area contributed by atoms with E-state index in [-0.39, 0.29) is 12.0 Å². The second-order valence-electron chi connectivity index (χ2n) is 6.13. The molecule has 25 heavy (non-hydrogen) atoms. The highest BCUT2D eigenvalue weighted by Gasteiger charge is 2.34. The van der Waals surface area contributed by atoms with E-state index in [1.54, 1.807) is 0 Å². The van der Waals surface area contributed by atoms with E-state index in [1.807, 2.05) is 6.92 Å². The van der Waals surface area contributed by atoms with Crippen molar-refractivity contribution in [3.8, 4) is 0 Å². The van der Waals surface area contributed by atoms with Crippen molar-refractivity contribution in [2.24, 2.45) is 4.99 Å². The number of nitrogens with zero attached hydrogens (tertiary/aromatic N) is 2. The summed E-state index contributed by atoms with van der Waals surface area (Å²) in [5, 5.41) is 6.32. The van der Waals surface area contributed by atoms with E-state index in [1.165, 1.54) is 12.0 Å². The molecule has 0 aromatic heterocycles. The number of hydrogen-bond acceptors (Lipinski definition) is 4. The highest BCUT2D eigenvalue weighted by atomic mass is 19.4. The molecule has 1 aliphatic heterocycles. The van der Waals surface area contributed by atoms with Gasteiger partial charge in [-0.1, -0.05) is 6.42 Å². The third-order valence-electron chi connectivity index (χ3n) is 3.90. The molecule has 0 aromatic carbocycles. The highest BCUT2D eigenvalue weighted by Crippen LogP contribution is 2.19. The zero-order chi connectivity index (χ0) is 18.7. The van der Waals surface area contributed by atoms with Gasteiger partial charge >= 0.3 is 12.1 Å². The summed E-state index contributed by atoms with van der Waals surface area (Å²) in [6.45, 7) is 3.17. The van der Waals surface area contributed by atoms with Gasteiger partial charge in [-0.15, -0.1) is 0 Å². The second-order valence-corrected chi connectivity index (χ2v) is 6.13. The standard InChI is InChI=1S/C16H29F3N4O2/c1-3-20-15(21-9-6-4-5-7-14(24)25-2)22-13-8-10-23(11-13)12-16(17,18)19/h13H,3-12H2,1-2H3,(H2,20,21,22). The van der Waals surface area contributed by atoms with Crippen molar-refractivity contribution >= 4 is 11.9 Å². The third kappa shape index (κ3) is 10.2. The molecule has 9 heteroatoms. The molecule has 0 aromatic rings. The lowest BCUT2D eigenvalue weighted by Crippen LogP contribution is -2.45. The van der Waals surface area contributed by atoms with Gasteiger partial charge in [0.25, 0.3) is 0 Å². The number of esters is 1. The smallest absolute Gasteiger partial charge is 0.401 e. The topological polar surface area (TPSA) is 66.0 Å². The molecule has 0 bridgehead atoms. The molecule has 1 fully saturated rings. The van der Waals surface area contributed by atoms with Crippen LogP contribution in [0.5, 0.6) is 0 Å². The van der Waals surface area contributed by atoms with E-state index in [9.17, 15) is 18.0 Å². The summed E-state index contributed by atoms with van der Waals surface area (Å²) in [6, 6.07) is -0.0283. The van der Waals surface area contributed by atoms with Crippen LogP contribution in [-0.4, -0.2) is 68.9 Å². The average Bonchev–Trinajstić information content (AvgIpc) is 2.95. The van der Waals surface area contributed by atoms with Gasteiger partial charge in [0, 0.05) is 38.6 Å². The number of aliphatic imine (C=N–C) groups is 1. The van der Waals surface area contributed by atoms with Crippen molar-refractivity contribution in [2.45, 2.75) is 51.2 Å². The number of carbonyl (C=O) groups is 1. The quantitative estimate of drug-likeness (QED) is 0.282. The molecule has 1 unspecified atom stereocenters. The molecular formula is C16H29F3N4O2. The van der Waals surface area contributed by atoms with E-state index in [0.29, 0.717) is 45.0 Å². The Bertz CT molecular complexity index is 430. The predicted octanol–water partition coefficient (Wildman–Crippen LogP) is 1.91. The van der Waals surface area contributed by atoms with E-state index < -0.39 is 12.7 Å². The summed E-state index contributed by atoms with van der Waals surface area (Å²) in [7, 11) is 1.37. The minimum atomic E-state index is -4.16. The van der Waals surface area contributed by atoms with Crippen molar-refractivity contribution < 1.29 is 22.7 Å². The minimum absolute atomic E-state index is 0.0283. The van der Waals surface area contributed by atoms with Crippen LogP contribution >= 0.6 is 0 Å². The summed E-state index contributed by atoms with van der Waals surface area (Å²) in [6.07, 6.45) is -0.590. The lowest BCUT2D eigenvalue weighted by atomic mass is 10.2. The van der Waals surface area contributed by atoms with Crippen molar-refractivity contribution in [1.29, 1.82) is 0 Å². The summed E-state index contributed by atoms with van der Waals surface area (Å²) in [4.78, 5) is 16.9. The van der Waals surface area contributed by atoms with E-state index in [4.69, 9.17) is 0 Å². The number of likely N-dealkylation sites (tertiary alicyclic amines) is 1. The number of carbonyl (C=O) groups excluding carboxylic acids is 1. The largest absolute Gasteiger partial charge is 0.469 e. The fourth-order valence-electron chi connectivity index (χ4n) is 2.71. The van der Waals surface area contributed by atoms with Gasteiger partial charge < -0.3 is 15.4 Å². The van der Waals surface area contributed by atoms with Crippen LogP contribution in [0.15, 0.2) is 4.99 Å². The molecule has 1 atom stereocenters. The van der Waals surface area contributed by atoms with Gasteiger partial charge in [0.2, 0.25) is 0 Å². The molecule has 6 nitrogen and oxygen atoms in total. The van der Waals surface area contributed by atoms with Gasteiger partial charge in [0.05, 0.1) is 13.7 Å². The fourth-order valence-corrected chi connectivity index (χ4v) is 2.71. The number of rotatable bonds is 9. The monoisotopic (exact) mass is 366 g/mol. The first-order chi connectivity index (χ1) is 11.8. The maximum Gasteiger partial charge on any atom is 0.401 e.